The van der Waals surface area contributed by atoms with Crippen LogP contribution in [0.2, 0.25) is 0 Å². The molecule has 0 aliphatic carbocycles. The molecule has 20 atom stereocenters. The molecule has 3 fully saturated rings. The van der Waals surface area contributed by atoms with Crippen LogP contribution in [0.4, 0.5) is 0 Å². The first-order chi connectivity index (χ1) is 28.1. The van der Waals surface area contributed by atoms with Gasteiger partial charge in [0.1, 0.15) is 85.4 Å². The highest BCUT2D eigenvalue weighted by molar-refractivity contribution is 5.77. The molecule has 0 bridgehead atoms. The number of carbonyl (C=O) groups is 4. The summed E-state index contributed by atoms with van der Waals surface area (Å²) in [6, 6.07) is -5.00. The molecule has 3 amide bonds. The van der Waals surface area contributed by atoms with Crippen molar-refractivity contribution in [1.82, 2.24) is 16.0 Å². The molecule has 3 saturated heterocycles. The van der Waals surface area contributed by atoms with Crippen molar-refractivity contribution in [2.24, 2.45) is 0 Å². The Labute approximate surface area is 340 Å². The fraction of sp³-hybridized carbons (Fsp3) is 0.879. The van der Waals surface area contributed by atoms with Gasteiger partial charge in [-0.25, -0.2) is 4.79 Å². The first kappa shape index (κ1) is 51.5. The second kappa shape index (κ2) is 22.5. The Kier molecular flexibility index (Phi) is 19.3. The van der Waals surface area contributed by atoms with E-state index in [9.17, 15) is 90.7 Å². The van der Waals surface area contributed by atoms with Gasteiger partial charge in [0.15, 0.2) is 12.6 Å². The molecule has 0 radical (unpaired) electrons. The van der Waals surface area contributed by atoms with Gasteiger partial charge >= 0.3 is 5.97 Å². The molecule has 0 aromatic carbocycles. The molecule has 17 N–H and O–H groups in total. The number of rotatable bonds is 20. The molecule has 3 aliphatic heterocycles. The Hall–Kier alpha value is -2.88. The molecule has 0 aromatic rings. The Morgan fingerprint density at radius 2 is 1.28 bits per heavy atom. The van der Waals surface area contributed by atoms with Gasteiger partial charge < -0.3 is 116 Å². The Morgan fingerprint density at radius 3 is 1.78 bits per heavy atom. The fourth-order valence-corrected chi connectivity index (χ4v) is 7.05. The van der Waals surface area contributed by atoms with Crippen molar-refractivity contribution in [3.63, 3.8) is 0 Å². The number of hydrogen-bond acceptors (Lipinski definition) is 23. The van der Waals surface area contributed by atoms with Gasteiger partial charge in [-0.3, -0.25) is 14.4 Å². The predicted octanol–water partition coefficient (Wildman–Crippen LogP) is -10.5. The van der Waals surface area contributed by atoms with Crippen LogP contribution in [0.15, 0.2) is 0 Å². The van der Waals surface area contributed by atoms with Crippen molar-refractivity contribution in [3.8, 4) is 0 Å². The van der Waals surface area contributed by atoms with Gasteiger partial charge in [0, 0.05) is 27.2 Å². The molecule has 3 rings (SSSR count). The molecule has 60 heavy (non-hydrogen) atoms. The van der Waals surface area contributed by atoms with Gasteiger partial charge in [0.05, 0.1) is 51.2 Å². The summed E-state index contributed by atoms with van der Waals surface area (Å²) in [5.74, 6) is -7.81. The Bertz CT molecular complexity index is 1420. The topological polar surface area (TPSA) is 443 Å². The Balaban J connectivity index is 2.22. The lowest BCUT2D eigenvalue weighted by molar-refractivity contribution is -0.394. The minimum Gasteiger partial charge on any atom is -0.477 e. The van der Waals surface area contributed by atoms with E-state index < -0.39 is 185 Å². The lowest BCUT2D eigenvalue weighted by Crippen LogP contribution is -2.72. The molecule has 0 unspecified atom stereocenters. The van der Waals surface area contributed by atoms with Gasteiger partial charge in [0.25, 0.3) is 5.79 Å². The highest BCUT2D eigenvalue weighted by Crippen LogP contribution is 2.39. The number of ether oxygens (including phenoxy) is 6. The zero-order valence-electron chi connectivity index (χ0n) is 32.6. The normalized spacial score (nSPS) is 37.8. The number of aliphatic carboxylic acids is 1. The number of carboxylic acid groups (broad SMARTS) is 1. The summed E-state index contributed by atoms with van der Waals surface area (Å²) >= 11 is 0. The first-order valence-corrected chi connectivity index (χ1v) is 18.6. The number of carbonyl (C=O) groups excluding carboxylic acids is 3. The number of amides is 3. The average Bonchev–Trinajstić information content (AvgIpc) is 3.19. The lowest BCUT2D eigenvalue weighted by Gasteiger charge is -2.52. The van der Waals surface area contributed by atoms with E-state index >= 15 is 0 Å². The monoisotopic (exact) mass is 879 g/mol. The van der Waals surface area contributed by atoms with Crippen LogP contribution in [0.3, 0.4) is 0 Å². The van der Waals surface area contributed by atoms with E-state index in [0.29, 0.717) is 0 Å². The van der Waals surface area contributed by atoms with Crippen LogP contribution in [0.1, 0.15) is 27.2 Å². The van der Waals surface area contributed by atoms with Crippen molar-refractivity contribution in [1.29, 1.82) is 0 Å². The highest BCUT2D eigenvalue weighted by atomic mass is 16.8. The predicted molar refractivity (Wildman–Crippen MR) is 188 cm³/mol. The highest BCUT2D eigenvalue weighted by Gasteiger charge is 2.61. The third-order valence-corrected chi connectivity index (χ3v) is 10.0. The summed E-state index contributed by atoms with van der Waals surface area (Å²) in [7, 11) is 0. The average molecular weight is 880 g/mol. The Morgan fingerprint density at radius 1 is 0.717 bits per heavy atom. The van der Waals surface area contributed by atoms with Gasteiger partial charge in [-0.1, -0.05) is 0 Å². The van der Waals surface area contributed by atoms with E-state index in [-0.39, 0.29) is 0 Å². The number of carboxylic acids is 1. The minimum atomic E-state index is -3.27. The van der Waals surface area contributed by atoms with Gasteiger partial charge in [-0.05, 0) is 0 Å². The summed E-state index contributed by atoms with van der Waals surface area (Å²) in [6.07, 6.45) is -34.5. The number of aliphatic hydroxyl groups is 13. The fourth-order valence-electron chi connectivity index (χ4n) is 7.05. The molecule has 0 aromatic heterocycles. The van der Waals surface area contributed by atoms with Crippen molar-refractivity contribution in [2.45, 2.75) is 149 Å². The summed E-state index contributed by atoms with van der Waals surface area (Å²) in [5.41, 5.74) is 0. The number of nitrogens with one attached hydrogen (secondary N) is 3. The second-order valence-corrected chi connectivity index (χ2v) is 14.5. The van der Waals surface area contributed by atoms with Crippen LogP contribution in [0.25, 0.3) is 0 Å². The third kappa shape index (κ3) is 12.0. The maximum atomic E-state index is 13.2. The number of hydrogen-bond donors (Lipinski definition) is 17. The SMILES string of the molecule is CC(=O)N[C@H]1[C@H](O[C@@H]2[C@H](O[C@]3(C(=O)O)C[C@H](O)[C@@H](NC(C)=O)[C@H]([C@H](O)[C@H](O)CO)O3)[C@@H](O)[C@H](O[C@@H]([C@H](O)[C@H](CO)NC(C)=O)[C@H](O)CO)O[C@@H]2CO)O[C@H](CO)[C@H](O)[C@@H]1O. The van der Waals surface area contributed by atoms with E-state index in [2.05, 4.69) is 16.0 Å². The molecule has 27 heteroatoms. The minimum absolute atomic E-state index is 0.777. The van der Waals surface area contributed by atoms with E-state index in [0.717, 1.165) is 20.8 Å². The van der Waals surface area contributed by atoms with Gasteiger partial charge in [-0.15, -0.1) is 0 Å². The van der Waals surface area contributed by atoms with Crippen LogP contribution in [-0.4, -0.2) is 250 Å². The van der Waals surface area contributed by atoms with Crippen LogP contribution in [-0.2, 0) is 47.6 Å². The summed E-state index contributed by atoms with van der Waals surface area (Å²) in [5, 5.41) is 155. The van der Waals surface area contributed by atoms with Gasteiger partial charge in [-0.2, -0.15) is 0 Å². The van der Waals surface area contributed by atoms with Crippen LogP contribution < -0.4 is 16.0 Å². The van der Waals surface area contributed by atoms with Crippen molar-refractivity contribution in [2.75, 3.05) is 33.0 Å². The maximum absolute atomic E-state index is 13.2. The van der Waals surface area contributed by atoms with Crippen molar-refractivity contribution in [3.05, 3.63) is 0 Å². The molecular weight excluding hydrogens is 822 g/mol. The second-order valence-electron chi connectivity index (χ2n) is 14.5. The molecule has 3 aliphatic rings. The van der Waals surface area contributed by atoms with Crippen molar-refractivity contribution >= 4 is 23.7 Å². The van der Waals surface area contributed by atoms with Crippen LogP contribution in [0, 0.1) is 0 Å². The maximum Gasteiger partial charge on any atom is 0.364 e. The van der Waals surface area contributed by atoms with Gasteiger partial charge in [0.2, 0.25) is 17.7 Å². The molecule has 348 valence electrons. The van der Waals surface area contributed by atoms with E-state index in [1.165, 1.54) is 0 Å². The summed E-state index contributed by atoms with van der Waals surface area (Å²) < 4.78 is 34.6. The van der Waals surface area contributed by atoms with E-state index in [1.807, 2.05) is 0 Å². The molecule has 0 spiro atoms. The quantitative estimate of drug-likeness (QED) is 0.0540. The lowest BCUT2D eigenvalue weighted by atomic mass is 9.88. The molecular formula is C33H57N3O24. The number of aliphatic hydroxyl groups excluding tert-OH is 13. The summed E-state index contributed by atoms with van der Waals surface area (Å²) in [4.78, 5) is 49.2. The molecule has 27 nitrogen and oxygen atoms in total. The zero-order valence-corrected chi connectivity index (χ0v) is 32.6. The van der Waals surface area contributed by atoms with Crippen molar-refractivity contribution < 1.29 is 119 Å². The third-order valence-electron chi connectivity index (χ3n) is 10.0. The standard InChI is InChI=1S/C33H57N3O24/c1-10(42)34-13(5-37)21(48)26(16(47)7-39)57-31-25(52)29(27(18(9-41)56-31)58-30-20(36-12(3)44)24(51)23(50)17(8-40)55-30)60-33(32(53)54)4-14(45)19(35-11(2)43)28(59-33)22(49)15(46)6-38/h13-31,37-41,45-52H,4-9H2,1-3H3,(H,34,42)(H,35,43)(H,36,44)(H,53,54)/t13-,14-,15+,16+,17+,18+,19+,20+,21+,22+,23-,24+,25+,26+,27-,28+,29+,30-,31-,33-/m0/s1. The van der Waals surface area contributed by atoms with E-state index in [4.69, 9.17) is 28.4 Å². The van der Waals surface area contributed by atoms with Crippen LogP contribution >= 0.6 is 0 Å². The largest absolute Gasteiger partial charge is 0.477 e. The van der Waals surface area contributed by atoms with Crippen LogP contribution in [0.5, 0.6) is 0 Å². The van der Waals surface area contributed by atoms with E-state index in [1.54, 1.807) is 0 Å². The zero-order chi connectivity index (χ0) is 45.4. The molecule has 3 heterocycles. The first-order valence-electron chi connectivity index (χ1n) is 18.6. The molecule has 0 saturated carbocycles. The summed E-state index contributed by atoms with van der Waals surface area (Å²) in [6.45, 7) is -2.41. The smallest absolute Gasteiger partial charge is 0.364 e.